The van der Waals surface area contributed by atoms with E-state index in [1.54, 1.807) is 38.2 Å². The van der Waals surface area contributed by atoms with Gasteiger partial charge in [0, 0.05) is 38.3 Å². The second-order valence-electron chi connectivity index (χ2n) is 6.05. The van der Waals surface area contributed by atoms with E-state index in [9.17, 15) is 4.79 Å². The summed E-state index contributed by atoms with van der Waals surface area (Å²) < 4.78 is 5.63. The van der Waals surface area contributed by atoms with Gasteiger partial charge in [0.1, 0.15) is 12.4 Å². The van der Waals surface area contributed by atoms with E-state index in [2.05, 4.69) is 15.6 Å². The zero-order chi connectivity index (χ0) is 19.6. The third kappa shape index (κ3) is 7.93. The van der Waals surface area contributed by atoms with E-state index >= 15 is 0 Å². The summed E-state index contributed by atoms with van der Waals surface area (Å²) in [6.07, 6.45) is 0. The highest BCUT2D eigenvalue weighted by molar-refractivity contribution is 14.0. The van der Waals surface area contributed by atoms with Crippen molar-refractivity contribution >= 4 is 47.4 Å². The van der Waals surface area contributed by atoms with Crippen LogP contribution in [0, 0.1) is 0 Å². The average molecular weight is 517 g/mol. The Kier molecular flexibility index (Phi) is 10.7. The highest BCUT2D eigenvalue weighted by Crippen LogP contribution is 2.16. The summed E-state index contributed by atoms with van der Waals surface area (Å²) in [5.74, 6) is 1.41. The van der Waals surface area contributed by atoms with Gasteiger partial charge in [-0.2, -0.15) is 0 Å². The minimum atomic E-state index is -0.00770. The molecule has 0 unspecified atom stereocenters. The third-order valence-corrected chi connectivity index (χ3v) is 3.99. The van der Waals surface area contributed by atoms with Gasteiger partial charge in [0.05, 0.1) is 6.54 Å². The maximum Gasteiger partial charge on any atom is 0.253 e. The number of hydrogen-bond acceptors (Lipinski definition) is 3. The first kappa shape index (κ1) is 24.0. The van der Waals surface area contributed by atoms with Gasteiger partial charge >= 0.3 is 0 Å². The largest absolute Gasteiger partial charge is 0.492 e. The Morgan fingerprint density at radius 3 is 2.46 bits per heavy atom. The second kappa shape index (κ2) is 12.5. The molecule has 0 fully saturated rings. The number of amides is 1. The SMILES string of the molecule is CN=C(NCCOc1cccc(Cl)c1)NCc1ccc(C(=O)N(C)C)cc1.I. The molecule has 0 aliphatic carbocycles. The molecule has 0 bridgehead atoms. The summed E-state index contributed by atoms with van der Waals surface area (Å²) >= 11 is 5.93. The van der Waals surface area contributed by atoms with Crippen LogP contribution in [0.4, 0.5) is 0 Å². The molecule has 0 saturated carbocycles. The lowest BCUT2D eigenvalue weighted by molar-refractivity contribution is 0.0827. The van der Waals surface area contributed by atoms with Crippen LogP contribution in [-0.2, 0) is 6.54 Å². The maximum absolute atomic E-state index is 11.9. The number of hydrogen-bond donors (Lipinski definition) is 2. The highest BCUT2D eigenvalue weighted by atomic mass is 127. The molecule has 8 heteroatoms. The number of aliphatic imine (C=N–C) groups is 1. The Hall–Kier alpha value is -2.00. The molecule has 2 aromatic rings. The van der Waals surface area contributed by atoms with Crippen molar-refractivity contribution in [2.75, 3.05) is 34.3 Å². The fourth-order valence-corrected chi connectivity index (χ4v) is 2.51. The summed E-state index contributed by atoms with van der Waals surface area (Å²) in [6.45, 7) is 1.69. The number of halogens is 2. The van der Waals surface area contributed by atoms with Crippen LogP contribution in [0.2, 0.25) is 5.02 Å². The van der Waals surface area contributed by atoms with Crippen LogP contribution in [0.15, 0.2) is 53.5 Å². The van der Waals surface area contributed by atoms with E-state index in [0.717, 1.165) is 11.3 Å². The van der Waals surface area contributed by atoms with Crippen molar-refractivity contribution in [2.45, 2.75) is 6.54 Å². The van der Waals surface area contributed by atoms with Crippen LogP contribution >= 0.6 is 35.6 Å². The molecule has 0 saturated heterocycles. The zero-order valence-electron chi connectivity index (χ0n) is 16.2. The Balaban J connectivity index is 0.00000392. The van der Waals surface area contributed by atoms with Crippen LogP contribution in [0.25, 0.3) is 0 Å². The van der Waals surface area contributed by atoms with Crippen LogP contribution in [-0.4, -0.2) is 51.1 Å². The molecule has 1 amide bonds. The van der Waals surface area contributed by atoms with Crippen molar-refractivity contribution in [2.24, 2.45) is 4.99 Å². The zero-order valence-corrected chi connectivity index (χ0v) is 19.3. The van der Waals surface area contributed by atoms with Gasteiger partial charge < -0.3 is 20.3 Å². The van der Waals surface area contributed by atoms with Gasteiger partial charge in [0.25, 0.3) is 5.91 Å². The lowest BCUT2D eigenvalue weighted by Crippen LogP contribution is -2.38. The van der Waals surface area contributed by atoms with E-state index in [4.69, 9.17) is 16.3 Å². The first-order chi connectivity index (χ1) is 13.0. The molecule has 0 aliphatic heterocycles. The van der Waals surface area contributed by atoms with Crippen LogP contribution in [0.3, 0.4) is 0 Å². The molecular formula is C20H26ClIN4O2. The molecule has 0 radical (unpaired) electrons. The normalized spacial score (nSPS) is 10.6. The van der Waals surface area contributed by atoms with Gasteiger partial charge in [-0.3, -0.25) is 9.79 Å². The van der Waals surface area contributed by atoms with Crippen molar-refractivity contribution in [1.29, 1.82) is 0 Å². The number of carbonyl (C=O) groups excluding carboxylic acids is 1. The topological polar surface area (TPSA) is 66.0 Å². The molecule has 0 spiro atoms. The average Bonchev–Trinajstić information content (AvgIpc) is 2.67. The number of nitrogens with zero attached hydrogens (tertiary/aromatic N) is 2. The van der Waals surface area contributed by atoms with E-state index in [1.807, 2.05) is 36.4 Å². The lowest BCUT2D eigenvalue weighted by atomic mass is 10.1. The molecule has 0 aromatic heterocycles. The highest BCUT2D eigenvalue weighted by Gasteiger charge is 2.07. The summed E-state index contributed by atoms with van der Waals surface area (Å²) in [6, 6.07) is 14.8. The van der Waals surface area contributed by atoms with Gasteiger partial charge in [-0.05, 0) is 35.9 Å². The van der Waals surface area contributed by atoms with Crippen molar-refractivity contribution in [3.8, 4) is 5.75 Å². The standard InChI is InChI=1S/C20H25ClN4O2.HI/c1-22-20(23-11-12-27-18-6-4-5-17(21)13-18)24-14-15-7-9-16(10-8-15)19(26)25(2)3;/h4-10,13H,11-12,14H2,1-3H3,(H2,22,23,24);1H. The van der Waals surface area contributed by atoms with E-state index < -0.39 is 0 Å². The number of rotatable bonds is 7. The fraction of sp³-hybridized carbons (Fsp3) is 0.300. The smallest absolute Gasteiger partial charge is 0.253 e. The fourth-order valence-electron chi connectivity index (χ4n) is 2.32. The monoisotopic (exact) mass is 516 g/mol. The number of ether oxygens (including phenoxy) is 1. The van der Waals surface area contributed by atoms with Crippen molar-refractivity contribution in [3.63, 3.8) is 0 Å². The summed E-state index contributed by atoms with van der Waals surface area (Å²) in [4.78, 5) is 17.6. The molecule has 152 valence electrons. The number of carbonyl (C=O) groups is 1. The Morgan fingerprint density at radius 2 is 1.86 bits per heavy atom. The maximum atomic E-state index is 11.9. The van der Waals surface area contributed by atoms with Crippen LogP contribution < -0.4 is 15.4 Å². The Labute approximate surface area is 188 Å². The molecule has 28 heavy (non-hydrogen) atoms. The molecule has 0 aliphatic rings. The molecule has 2 N–H and O–H groups in total. The molecule has 0 atom stereocenters. The van der Waals surface area contributed by atoms with Gasteiger partial charge in [-0.15, -0.1) is 24.0 Å². The molecular weight excluding hydrogens is 491 g/mol. The summed E-state index contributed by atoms with van der Waals surface area (Å²) in [5, 5.41) is 7.07. The first-order valence-electron chi connectivity index (χ1n) is 8.63. The van der Waals surface area contributed by atoms with Crippen LogP contribution in [0.5, 0.6) is 5.75 Å². The minimum Gasteiger partial charge on any atom is -0.492 e. The molecule has 2 rings (SSSR count). The third-order valence-electron chi connectivity index (χ3n) is 3.75. The molecule has 0 heterocycles. The van der Waals surface area contributed by atoms with Gasteiger partial charge in [-0.25, -0.2) is 0 Å². The molecule has 2 aromatic carbocycles. The predicted molar refractivity (Wildman–Crippen MR) is 125 cm³/mol. The van der Waals surface area contributed by atoms with Gasteiger partial charge in [-0.1, -0.05) is 29.8 Å². The van der Waals surface area contributed by atoms with E-state index in [1.165, 1.54) is 0 Å². The second-order valence-corrected chi connectivity index (χ2v) is 6.49. The number of benzene rings is 2. The van der Waals surface area contributed by atoms with Crippen LogP contribution in [0.1, 0.15) is 15.9 Å². The first-order valence-corrected chi connectivity index (χ1v) is 9.01. The predicted octanol–water partition coefficient (Wildman–Crippen LogP) is 3.40. The van der Waals surface area contributed by atoms with E-state index in [-0.39, 0.29) is 29.9 Å². The lowest BCUT2D eigenvalue weighted by Gasteiger charge is -2.13. The van der Waals surface area contributed by atoms with E-state index in [0.29, 0.717) is 36.2 Å². The summed E-state index contributed by atoms with van der Waals surface area (Å²) in [7, 11) is 5.19. The molecule has 6 nitrogen and oxygen atoms in total. The van der Waals surface area contributed by atoms with Crippen molar-refractivity contribution in [3.05, 3.63) is 64.7 Å². The number of guanidine groups is 1. The van der Waals surface area contributed by atoms with Gasteiger partial charge in [0.2, 0.25) is 0 Å². The number of nitrogens with one attached hydrogen (secondary N) is 2. The van der Waals surface area contributed by atoms with Crippen molar-refractivity contribution < 1.29 is 9.53 Å². The van der Waals surface area contributed by atoms with Gasteiger partial charge in [0.15, 0.2) is 5.96 Å². The summed E-state index contributed by atoms with van der Waals surface area (Å²) in [5.41, 5.74) is 1.73. The van der Waals surface area contributed by atoms with Crippen molar-refractivity contribution in [1.82, 2.24) is 15.5 Å². The minimum absolute atomic E-state index is 0. The quantitative estimate of drug-likeness (QED) is 0.256. The Morgan fingerprint density at radius 1 is 1.14 bits per heavy atom. The Bertz CT molecular complexity index is 782.